The summed E-state index contributed by atoms with van der Waals surface area (Å²) in [5, 5.41) is 2.24. The van der Waals surface area contributed by atoms with Gasteiger partial charge < -0.3 is 9.47 Å². The number of rotatable bonds is 0. The van der Waals surface area contributed by atoms with Gasteiger partial charge in [-0.25, -0.2) is 0 Å². The van der Waals surface area contributed by atoms with Gasteiger partial charge in [-0.3, -0.25) is 0 Å². The third kappa shape index (κ3) is 1.48. The largest absolute Gasteiger partial charge is 0.459 e. The van der Waals surface area contributed by atoms with Gasteiger partial charge in [-0.15, -0.1) is 0 Å². The van der Waals surface area contributed by atoms with Crippen LogP contribution in [0.1, 0.15) is 20.8 Å². The van der Waals surface area contributed by atoms with Gasteiger partial charge in [0.2, 0.25) is 6.29 Å². The molecule has 0 atom stereocenters. The average molecular weight is 190 g/mol. The fraction of sp³-hybridized carbons (Fsp3) is 0.333. The van der Waals surface area contributed by atoms with E-state index in [1.807, 2.05) is 32.9 Å². The lowest BCUT2D eigenvalue weighted by Crippen LogP contribution is -2.27. The molecule has 2 heteroatoms. The zero-order valence-corrected chi connectivity index (χ0v) is 8.70. The average Bonchev–Trinajstić information content (AvgIpc) is 2.26. The van der Waals surface area contributed by atoms with Gasteiger partial charge in [0, 0.05) is 17.4 Å². The molecule has 0 spiro atoms. The second kappa shape index (κ2) is 3.37. The maximum atomic E-state index is 5.58. The minimum Gasteiger partial charge on any atom is -0.459 e. The van der Waals surface area contributed by atoms with Gasteiger partial charge in [0.1, 0.15) is 11.5 Å². The molecule has 2 rings (SSSR count). The molecule has 0 aliphatic carbocycles. The minimum atomic E-state index is -0.206. The van der Waals surface area contributed by atoms with Crippen molar-refractivity contribution in [2.24, 2.45) is 0 Å². The number of ether oxygens (including phenoxy) is 2. The lowest BCUT2D eigenvalue weighted by atomic mass is 10.2. The molecule has 0 unspecified atom stereocenters. The molecule has 1 heterocycles. The zero-order chi connectivity index (χ0) is 10.1. The van der Waals surface area contributed by atoms with E-state index in [4.69, 9.17) is 9.47 Å². The summed E-state index contributed by atoms with van der Waals surface area (Å²) in [6.07, 6.45) is -0.206. The first-order valence-electron chi connectivity index (χ1n) is 4.78. The molecular formula is C12H14O2. The second-order valence-electron chi connectivity index (χ2n) is 3.46. The van der Waals surface area contributed by atoms with Crippen LogP contribution in [0.2, 0.25) is 0 Å². The molecule has 0 saturated heterocycles. The summed E-state index contributed by atoms with van der Waals surface area (Å²) in [4.78, 5) is 0. The highest BCUT2D eigenvalue weighted by Gasteiger charge is 2.10. The van der Waals surface area contributed by atoms with Crippen LogP contribution in [0.15, 0.2) is 24.3 Å². The van der Waals surface area contributed by atoms with E-state index in [0.717, 1.165) is 22.0 Å². The number of benzene rings is 1. The summed E-state index contributed by atoms with van der Waals surface area (Å²) >= 11 is 0. The summed E-state index contributed by atoms with van der Waals surface area (Å²) in [6.45, 7) is 5.84. The summed E-state index contributed by atoms with van der Waals surface area (Å²) in [6, 6.07) is 8.12. The minimum absolute atomic E-state index is 0.206. The van der Waals surface area contributed by atoms with Crippen molar-refractivity contribution in [3.8, 4) is 0 Å². The Labute approximate surface area is 83.5 Å². The molecule has 0 amide bonds. The molecule has 1 aliphatic rings. The molecule has 0 aromatic heterocycles. The van der Waals surface area contributed by atoms with E-state index in [0.29, 0.717) is 0 Å². The number of hydrogen-bond acceptors (Lipinski definition) is 2. The van der Waals surface area contributed by atoms with Gasteiger partial charge in [-0.05, 0) is 13.8 Å². The highest BCUT2D eigenvalue weighted by molar-refractivity contribution is 5.43. The Bertz CT molecular complexity index is 416. The molecular weight excluding hydrogens is 176 g/mol. The van der Waals surface area contributed by atoms with E-state index in [9.17, 15) is 0 Å². The van der Waals surface area contributed by atoms with E-state index < -0.39 is 0 Å². The van der Waals surface area contributed by atoms with Crippen molar-refractivity contribution in [2.75, 3.05) is 0 Å². The first-order chi connectivity index (χ1) is 6.68. The van der Waals surface area contributed by atoms with E-state index in [1.54, 1.807) is 0 Å². The van der Waals surface area contributed by atoms with Crippen molar-refractivity contribution in [1.29, 1.82) is 0 Å². The molecule has 0 N–H and O–H groups in total. The quantitative estimate of drug-likeness (QED) is 0.614. The maximum absolute atomic E-state index is 5.58. The van der Waals surface area contributed by atoms with Crippen molar-refractivity contribution in [2.45, 2.75) is 27.1 Å². The topological polar surface area (TPSA) is 18.5 Å². The third-order valence-corrected chi connectivity index (χ3v) is 2.37. The smallest absolute Gasteiger partial charge is 0.237 e. The highest BCUT2D eigenvalue weighted by atomic mass is 16.7. The second-order valence-corrected chi connectivity index (χ2v) is 3.46. The molecule has 0 radical (unpaired) electrons. The summed E-state index contributed by atoms with van der Waals surface area (Å²) in [5.74, 6) is 1.84. The van der Waals surface area contributed by atoms with Crippen LogP contribution >= 0.6 is 0 Å². The molecule has 0 saturated carbocycles. The Balaban J connectivity index is 2.82. The SMILES string of the molecule is CC1=c2ccccc2=C(C)OC(C)O1. The summed E-state index contributed by atoms with van der Waals surface area (Å²) in [7, 11) is 0. The third-order valence-electron chi connectivity index (χ3n) is 2.37. The molecule has 1 aromatic carbocycles. The van der Waals surface area contributed by atoms with Crippen molar-refractivity contribution < 1.29 is 9.47 Å². The van der Waals surface area contributed by atoms with E-state index in [1.165, 1.54) is 0 Å². The van der Waals surface area contributed by atoms with Crippen LogP contribution in [0.25, 0.3) is 11.5 Å². The lowest BCUT2D eigenvalue weighted by Gasteiger charge is -2.14. The van der Waals surface area contributed by atoms with Crippen LogP contribution in [0, 0.1) is 0 Å². The van der Waals surface area contributed by atoms with Crippen LogP contribution in [0.5, 0.6) is 0 Å². The predicted molar refractivity (Wildman–Crippen MR) is 55.5 cm³/mol. The Morgan fingerprint density at radius 3 is 1.79 bits per heavy atom. The van der Waals surface area contributed by atoms with Crippen molar-refractivity contribution in [3.63, 3.8) is 0 Å². The normalized spacial score (nSPS) is 16.8. The van der Waals surface area contributed by atoms with Crippen LogP contribution < -0.4 is 10.4 Å². The Morgan fingerprint density at radius 2 is 1.36 bits per heavy atom. The van der Waals surface area contributed by atoms with E-state index >= 15 is 0 Å². The van der Waals surface area contributed by atoms with Crippen molar-refractivity contribution >= 4 is 11.5 Å². The van der Waals surface area contributed by atoms with Gasteiger partial charge in [0.15, 0.2) is 0 Å². The van der Waals surface area contributed by atoms with E-state index in [-0.39, 0.29) is 6.29 Å². The lowest BCUT2D eigenvalue weighted by molar-refractivity contribution is -0.0240. The summed E-state index contributed by atoms with van der Waals surface area (Å²) in [5.41, 5.74) is 0. The molecule has 0 bridgehead atoms. The van der Waals surface area contributed by atoms with Gasteiger partial charge in [0.25, 0.3) is 0 Å². The van der Waals surface area contributed by atoms with Crippen LogP contribution in [0.3, 0.4) is 0 Å². The predicted octanol–water partition coefficient (Wildman–Crippen LogP) is 1.34. The molecule has 2 nitrogen and oxygen atoms in total. The molecule has 1 aliphatic heterocycles. The monoisotopic (exact) mass is 190 g/mol. The highest BCUT2D eigenvalue weighted by Crippen LogP contribution is 2.09. The number of fused-ring (bicyclic) bond motifs is 1. The van der Waals surface area contributed by atoms with Crippen LogP contribution in [-0.4, -0.2) is 6.29 Å². The standard InChI is InChI=1S/C12H14O2/c1-8-11-6-4-5-7-12(11)9(2)14-10(3)13-8/h4-7,10H,1-3H3. The van der Waals surface area contributed by atoms with Gasteiger partial charge in [-0.2, -0.15) is 0 Å². The molecule has 14 heavy (non-hydrogen) atoms. The van der Waals surface area contributed by atoms with E-state index in [2.05, 4.69) is 12.1 Å². The first kappa shape index (κ1) is 9.13. The fourth-order valence-electron chi connectivity index (χ4n) is 1.75. The summed E-state index contributed by atoms with van der Waals surface area (Å²) < 4.78 is 11.2. The fourth-order valence-corrected chi connectivity index (χ4v) is 1.75. The Kier molecular flexibility index (Phi) is 2.20. The number of hydrogen-bond donors (Lipinski definition) is 0. The maximum Gasteiger partial charge on any atom is 0.237 e. The van der Waals surface area contributed by atoms with Gasteiger partial charge >= 0.3 is 0 Å². The Morgan fingerprint density at radius 1 is 0.929 bits per heavy atom. The van der Waals surface area contributed by atoms with Crippen LogP contribution in [0.4, 0.5) is 0 Å². The molecule has 1 aromatic rings. The van der Waals surface area contributed by atoms with Crippen LogP contribution in [-0.2, 0) is 9.47 Å². The van der Waals surface area contributed by atoms with Gasteiger partial charge in [0.05, 0.1) is 0 Å². The zero-order valence-electron chi connectivity index (χ0n) is 8.70. The molecule has 74 valence electrons. The van der Waals surface area contributed by atoms with Crippen molar-refractivity contribution in [1.82, 2.24) is 0 Å². The molecule has 0 fully saturated rings. The first-order valence-corrected chi connectivity index (χ1v) is 4.78. The van der Waals surface area contributed by atoms with Crippen molar-refractivity contribution in [3.05, 3.63) is 34.7 Å². The van der Waals surface area contributed by atoms with Gasteiger partial charge in [-0.1, -0.05) is 24.3 Å². The Hall–Kier alpha value is -1.44.